The molecule has 0 saturated heterocycles. The first kappa shape index (κ1) is 28.2. The molecule has 3 N–H and O–H groups in total. The summed E-state index contributed by atoms with van der Waals surface area (Å²) in [6, 6.07) is 19.0. The lowest BCUT2D eigenvalue weighted by atomic mass is 9.98. The first-order valence-electron chi connectivity index (χ1n) is 12.1. The SMILES string of the molecule is CN(C)CCN(c1ccc(NC(=C2C(=O)Nc3cc(Cl)ccc32)c2ccc(CC(=O)O)cc2)cc1)S(C)(=O)=O. The Bertz CT molecular complexity index is 1540. The van der Waals surface area contributed by atoms with Crippen LogP contribution in [0.4, 0.5) is 17.1 Å². The summed E-state index contributed by atoms with van der Waals surface area (Å²) in [5.41, 5.74) is 4.63. The lowest BCUT2D eigenvalue weighted by Gasteiger charge is -2.24. The first-order valence-corrected chi connectivity index (χ1v) is 14.3. The second kappa shape index (κ2) is 11.5. The number of nitrogens with zero attached hydrogens (tertiary/aromatic N) is 2. The van der Waals surface area contributed by atoms with Crippen molar-refractivity contribution in [2.75, 3.05) is 48.4 Å². The highest BCUT2D eigenvalue weighted by molar-refractivity contribution is 7.92. The molecule has 0 unspecified atom stereocenters. The largest absolute Gasteiger partial charge is 0.481 e. The summed E-state index contributed by atoms with van der Waals surface area (Å²) in [7, 11) is 0.263. The molecule has 0 radical (unpaired) electrons. The molecule has 39 heavy (non-hydrogen) atoms. The van der Waals surface area contributed by atoms with E-state index in [9.17, 15) is 18.0 Å². The molecule has 1 amide bonds. The average molecular weight is 569 g/mol. The molecular weight excluding hydrogens is 540 g/mol. The van der Waals surface area contributed by atoms with Crippen LogP contribution in [-0.4, -0.2) is 63.7 Å². The molecule has 0 fully saturated rings. The number of anilines is 3. The molecule has 0 spiro atoms. The van der Waals surface area contributed by atoms with Gasteiger partial charge in [-0.05, 0) is 61.6 Å². The quantitative estimate of drug-likeness (QED) is 0.313. The topological polar surface area (TPSA) is 119 Å². The van der Waals surface area contributed by atoms with Crippen molar-refractivity contribution in [2.24, 2.45) is 0 Å². The standard InChI is InChI=1S/C28H29ClN4O5S/c1-32(2)14-15-33(39(3,37)38)22-11-9-21(10-12-22)30-27(19-6-4-18(5-7-19)16-25(34)35)26-23-13-8-20(29)17-24(23)31-28(26)36/h4-13,17,30H,14-16H2,1-3H3,(H,31,36)(H,34,35). The number of amides is 1. The number of carbonyl (C=O) groups excluding carboxylic acids is 1. The van der Waals surface area contributed by atoms with Gasteiger partial charge in [0.25, 0.3) is 5.91 Å². The van der Waals surface area contributed by atoms with Crippen molar-refractivity contribution in [2.45, 2.75) is 6.42 Å². The van der Waals surface area contributed by atoms with Gasteiger partial charge in [-0.2, -0.15) is 0 Å². The molecule has 0 saturated carbocycles. The highest BCUT2D eigenvalue weighted by Crippen LogP contribution is 2.39. The van der Waals surface area contributed by atoms with E-state index in [1.807, 2.05) is 19.0 Å². The number of fused-ring (bicyclic) bond motifs is 1. The fraction of sp³-hybridized carbons (Fsp3) is 0.214. The van der Waals surface area contributed by atoms with Gasteiger partial charge < -0.3 is 20.6 Å². The maximum Gasteiger partial charge on any atom is 0.307 e. The third kappa shape index (κ3) is 6.78. The van der Waals surface area contributed by atoms with E-state index in [0.717, 1.165) is 0 Å². The van der Waals surface area contributed by atoms with E-state index in [1.54, 1.807) is 66.7 Å². The van der Waals surface area contributed by atoms with Crippen LogP contribution < -0.4 is 14.9 Å². The normalized spacial score (nSPS) is 14.1. The van der Waals surface area contributed by atoms with Crippen LogP contribution in [0.1, 0.15) is 16.7 Å². The van der Waals surface area contributed by atoms with Crippen LogP contribution in [0.5, 0.6) is 0 Å². The number of carbonyl (C=O) groups is 2. The van der Waals surface area contributed by atoms with Crippen molar-refractivity contribution in [1.29, 1.82) is 0 Å². The average Bonchev–Trinajstić information content (AvgIpc) is 3.17. The summed E-state index contributed by atoms with van der Waals surface area (Å²) < 4.78 is 26.2. The van der Waals surface area contributed by atoms with Crippen LogP contribution in [0.15, 0.2) is 66.7 Å². The smallest absolute Gasteiger partial charge is 0.307 e. The minimum atomic E-state index is -3.49. The maximum atomic E-state index is 13.1. The number of hydrogen-bond donors (Lipinski definition) is 3. The number of likely N-dealkylation sites (N-methyl/N-ethyl adjacent to an activating group) is 1. The Morgan fingerprint density at radius 2 is 1.67 bits per heavy atom. The number of sulfonamides is 1. The molecule has 0 aromatic heterocycles. The van der Waals surface area contributed by atoms with Crippen LogP contribution in [-0.2, 0) is 26.0 Å². The van der Waals surface area contributed by atoms with Crippen molar-refractivity contribution in [3.8, 4) is 0 Å². The molecular formula is C28H29ClN4O5S. The number of nitrogens with one attached hydrogen (secondary N) is 2. The Morgan fingerprint density at radius 1 is 1.00 bits per heavy atom. The second-order valence-corrected chi connectivity index (χ2v) is 11.8. The summed E-state index contributed by atoms with van der Waals surface area (Å²) in [5, 5.41) is 15.8. The molecule has 0 atom stereocenters. The second-order valence-electron chi connectivity index (χ2n) is 9.47. The van der Waals surface area contributed by atoms with E-state index in [1.165, 1.54) is 10.6 Å². The monoisotopic (exact) mass is 568 g/mol. The molecule has 4 rings (SSSR count). The van der Waals surface area contributed by atoms with Gasteiger partial charge in [0.1, 0.15) is 0 Å². The van der Waals surface area contributed by atoms with Crippen LogP contribution in [0, 0.1) is 0 Å². The van der Waals surface area contributed by atoms with Crippen molar-refractivity contribution in [3.63, 3.8) is 0 Å². The first-order chi connectivity index (χ1) is 18.4. The minimum Gasteiger partial charge on any atom is -0.481 e. The molecule has 1 heterocycles. The predicted octanol–water partition coefficient (Wildman–Crippen LogP) is 4.23. The third-order valence-corrected chi connectivity index (χ3v) is 7.58. The van der Waals surface area contributed by atoms with Gasteiger partial charge >= 0.3 is 5.97 Å². The molecule has 3 aromatic rings. The van der Waals surface area contributed by atoms with Gasteiger partial charge in [0.15, 0.2) is 0 Å². The number of benzene rings is 3. The van der Waals surface area contributed by atoms with Gasteiger partial charge in [-0.25, -0.2) is 8.42 Å². The van der Waals surface area contributed by atoms with Crippen LogP contribution >= 0.6 is 11.6 Å². The Kier molecular flexibility index (Phi) is 8.29. The van der Waals surface area contributed by atoms with Crippen LogP contribution in [0.25, 0.3) is 11.3 Å². The number of carboxylic acid groups (broad SMARTS) is 1. The molecule has 1 aliphatic rings. The lowest BCUT2D eigenvalue weighted by Crippen LogP contribution is -2.35. The van der Waals surface area contributed by atoms with Crippen molar-refractivity contribution < 1.29 is 23.1 Å². The Labute approximate surface area is 232 Å². The minimum absolute atomic E-state index is 0.118. The number of carboxylic acids is 1. The molecule has 1 aliphatic heterocycles. The van der Waals surface area contributed by atoms with Gasteiger partial charge in [-0.15, -0.1) is 0 Å². The fourth-order valence-corrected chi connectivity index (χ4v) is 5.36. The molecule has 0 aliphatic carbocycles. The summed E-state index contributed by atoms with van der Waals surface area (Å²) in [5.74, 6) is -1.25. The zero-order chi connectivity index (χ0) is 28.3. The summed E-state index contributed by atoms with van der Waals surface area (Å²) in [6.07, 6.45) is 1.06. The fourth-order valence-electron chi connectivity index (χ4n) is 4.27. The summed E-state index contributed by atoms with van der Waals surface area (Å²) >= 11 is 6.14. The van der Waals surface area contributed by atoms with E-state index >= 15 is 0 Å². The number of rotatable bonds is 10. The molecule has 11 heteroatoms. The van der Waals surface area contributed by atoms with E-state index in [4.69, 9.17) is 16.7 Å². The van der Waals surface area contributed by atoms with Crippen LogP contribution in [0.2, 0.25) is 5.02 Å². The predicted molar refractivity (Wildman–Crippen MR) is 155 cm³/mol. The third-order valence-electron chi connectivity index (χ3n) is 6.15. The maximum absolute atomic E-state index is 13.1. The highest BCUT2D eigenvalue weighted by atomic mass is 35.5. The van der Waals surface area contributed by atoms with E-state index in [0.29, 0.717) is 63.1 Å². The number of aliphatic carboxylic acids is 1. The molecule has 204 valence electrons. The lowest BCUT2D eigenvalue weighted by molar-refractivity contribution is -0.136. The summed E-state index contributed by atoms with van der Waals surface area (Å²) in [6.45, 7) is 0.857. The zero-order valence-corrected chi connectivity index (χ0v) is 23.3. The van der Waals surface area contributed by atoms with Gasteiger partial charge in [0.05, 0.1) is 35.3 Å². The van der Waals surface area contributed by atoms with Gasteiger partial charge in [0.2, 0.25) is 10.0 Å². The van der Waals surface area contributed by atoms with E-state index in [2.05, 4.69) is 10.6 Å². The van der Waals surface area contributed by atoms with Crippen LogP contribution in [0.3, 0.4) is 0 Å². The Balaban J connectivity index is 1.74. The zero-order valence-electron chi connectivity index (χ0n) is 21.7. The molecule has 0 bridgehead atoms. The van der Waals surface area contributed by atoms with Crippen molar-refractivity contribution in [1.82, 2.24) is 4.90 Å². The number of hydrogen-bond acceptors (Lipinski definition) is 6. The summed E-state index contributed by atoms with van der Waals surface area (Å²) in [4.78, 5) is 26.2. The van der Waals surface area contributed by atoms with Gasteiger partial charge in [-0.1, -0.05) is 41.9 Å². The van der Waals surface area contributed by atoms with E-state index < -0.39 is 16.0 Å². The Morgan fingerprint density at radius 3 is 2.26 bits per heavy atom. The van der Waals surface area contributed by atoms with E-state index in [-0.39, 0.29) is 12.3 Å². The number of halogens is 1. The molecule has 3 aromatic carbocycles. The molecule has 9 nitrogen and oxygen atoms in total. The van der Waals surface area contributed by atoms with Gasteiger partial charge in [0, 0.05) is 29.4 Å². The van der Waals surface area contributed by atoms with Crippen molar-refractivity contribution in [3.05, 3.63) is 88.4 Å². The van der Waals surface area contributed by atoms with Crippen molar-refractivity contribution >= 4 is 61.8 Å². The van der Waals surface area contributed by atoms with Gasteiger partial charge in [-0.3, -0.25) is 13.9 Å². The Hall–Kier alpha value is -3.86. The highest BCUT2D eigenvalue weighted by Gasteiger charge is 2.29.